The van der Waals surface area contributed by atoms with Gasteiger partial charge in [-0.3, -0.25) is 0 Å². The van der Waals surface area contributed by atoms with Crippen molar-refractivity contribution in [3.05, 3.63) is 36.4 Å². The summed E-state index contributed by atoms with van der Waals surface area (Å²) in [5, 5.41) is 19.3. The van der Waals surface area contributed by atoms with Crippen LogP contribution in [0.15, 0.2) is 35.7 Å². The molecular formula is C12H17NO5S. The van der Waals surface area contributed by atoms with Crippen LogP contribution in [0.2, 0.25) is 0 Å². The van der Waals surface area contributed by atoms with Crippen LogP contribution in [0.4, 0.5) is 0 Å². The van der Waals surface area contributed by atoms with Crippen molar-refractivity contribution in [2.24, 2.45) is 0 Å². The minimum atomic E-state index is -4.10. The van der Waals surface area contributed by atoms with Crippen LogP contribution in [-0.2, 0) is 14.4 Å². The molecule has 0 saturated carbocycles. The predicted octanol–water partition coefficient (Wildman–Crippen LogP) is 0.929. The number of benzene rings is 1. The molecule has 0 fully saturated rings. The first-order valence-electron chi connectivity index (χ1n) is 5.59. The molecule has 7 heteroatoms. The van der Waals surface area contributed by atoms with Gasteiger partial charge in [0.15, 0.2) is 0 Å². The van der Waals surface area contributed by atoms with Crippen molar-refractivity contribution in [3.8, 4) is 0 Å². The monoisotopic (exact) mass is 287 g/mol. The quantitative estimate of drug-likeness (QED) is 0.598. The lowest BCUT2D eigenvalue weighted by atomic mass is 10.2. The van der Waals surface area contributed by atoms with Crippen molar-refractivity contribution in [1.82, 2.24) is 5.06 Å². The summed E-state index contributed by atoms with van der Waals surface area (Å²) >= 11 is 0. The largest absolute Gasteiger partial charge is 0.376 e. The van der Waals surface area contributed by atoms with Crippen molar-refractivity contribution in [2.45, 2.75) is 31.2 Å². The molecule has 0 amide bonds. The van der Waals surface area contributed by atoms with Gasteiger partial charge < -0.3 is 10.2 Å². The summed E-state index contributed by atoms with van der Waals surface area (Å²) in [6, 6.07) is 5.85. The molecule has 0 aliphatic heterocycles. The average molecular weight is 287 g/mol. The van der Waals surface area contributed by atoms with Gasteiger partial charge in [0.05, 0.1) is 4.90 Å². The first kappa shape index (κ1) is 15.8. The molecule has 1 aromatic rings. The third-order valence-electron chi connectivity index (χ3n) is 2.33. The summed E-state index contributed by atoms with van der Waals surface area (Å²) in [5.41, 5.74) is 0.766. The highest BCUT2D eigenvalue weighted by Crippen LogP contribution is 2.17. The molecule has 0 aliphatic rings. The Morgan fingerprint density at radius 1 is 1.21 bits per heavy atom. The molecule has 0 saturated heterocycles. The zero-order chi connectivity index (χ0) is 14.6. The number of aliphatic hydroxyl groups is 2. The highest BCUT2D eigenvalue weighted by atomic mass is 32.2. The first-order chi connectivity index (χ1) is 8.77. The van der Waals surface area contributed by atoms with Crippen LogP contribution in [0.1, 0.15) is 19.4 Å². The average Bonchev–Trinajstić information content (AvgIpc) is 2.35. The van der Waals surface area contributed by atoms with Crippen LogP contribution < -0.4 is 0 Å². The Bertz CT molecular complexity index is 514. The molecule has 106 valence electrons. The van der Waals surface area contributed by atoms with Gasteiger partial charge in [-0.2, -0.15) is 12.7 Å². The SMILES string of the molecule is C=Cc1ccc(S(=O)(=O)ON(C(C)O)C(C)O)cc1. The van der Waals surface area contributed by atoms with E-state index in [1.54, 1.807) is 18.2 Å². The predicted molar refractivity (Wildman–Crippen MR) is 70.0 cm³/mol. The lowest BCUT2D eigenvalue weighted by Gasteiger charge is -2.25. The minimum absolute atomic E-state index is 0.0793. The fourth-order valence-corrected chi connectivity index (χ4v) is 2.39. The summed E-state index contributed by atoms with van der Waals surface area (Å²) in [6.45, 7) is 6.12. The van der Waals surface area contributed by atoms with Crippen molar-refractivity contribution >= 4 is 16.2 Å². The zero-order valence-corrected chi connectivity index (χ0v) is 11.5. The van der Waals surface area contributed by atoms with E-state index in [9.17, 15) is 18.6 Å². The zero-order valence-electron chi connectivity index (χ0n) is 10.7. The fourth-order valence-electron chi connectivity index (χ4n) is 1.36. The van der Waals surface area contributed by atoms with Crippen LogP contribution >= 0.6 is 0 Å². The second kappa shape index (κ2) is 6.27. The molecule has 1 rings (SSSR count). The highest BCUT2D eigenvalue weighted by molar-refractivity contribution is 7.86. The van der Waals surface area contributed by atoms with E-state index in [2.05, 4.69) is 6.58 Å². The Morgan fingerprint density at radius 2 is 1.68 bits per heavy atom. The number of aliphatic hydroxyl groups excluding tert-OH is 2. The summed E-state index contributed by atoms with van der Waals surface area (Å²) in [5.74, 6) is 0. The van der Waals surface area contributed by atoms with Gasteiger partial charge >= 0.3 is 10.1 Å². The molecule has 2 unspecified atom stereocenters. The van der Waals surface area contributed by atoms with Gasteiger partial charge in [0.25, 0.3) is 0 Å². The number of hydroxylamine groups is 2. The van der Waals surface area contributed by atoms with Crippen LogP contribution in [0.5, 0.6) is 0 Å². The first-order valence-corrected chi connectivity index (χ1v) is 7.00. The lowest BCUT2D eigenvalue weighted by Crippen LogP contribution is -2.41. The molecule has 0 aliphatic carbocycles. The minimum Gasteiger partial charge on any atom is -0.376 e. The van der Waals surface area contributed by atoms with Crippen LogP contribution in [0.3, 0.4) is 0 Å². The second-order valence-corrected chi connectivity index (χ2v) is 5.45. The Hall–Kier alpha value is -1.25. The van der Waals surface area contributed by atoms with E-state index in [0.717, 1.165) is 5.56 Å². The summed E-state index contributed by atoms with van der Waals surface area (Å²) in [4.78, 5) is -0.0793. The molecule has 2 atom stereocenters. The van der Waals surface area contributed by atoms with Gasteiger partial charge in [-0.05, 0) is 31.5 Å². The maximum absolute atomic E-state index is 11.9. The molecular weight excluding hydrogens is 270 g/mol. The number of hydrogen-bond donors (Lipinski definition) is 2. The number of rotatable bonds is 6. The van der Waals surface area contributed by atoms with Crippen molar-refractivity contribution in [3.63, 3.8) is 0 Å². The molecule has 0 aromatic heterocycles. The van der Waals surface area contributed by atoms with Crippen LogP contribution in [0, 0.1) is 0 Å². The van der Waals surface area contributed by atoms with Gasteiger partial charge in [0.2, 0.25) is 0 Å². The number of hydrogen-bond acceptors (Lipinski definition) is 6. The van der Waals surface area contributed by atoms with Crippen LogP contribution in [-0.4, -0.2) is 36.1 Å². The van der Waals surface area contributed by atoms with E-state index < -0.39 is 22.6 Å². The van der Waals surface area contributed by atoms with E-state index in [-0.39, 0.29) is 4.90 Å². The third kappa shape index (κ3) is 4.12. The molecule has 0 radical (unpaired) electrons. The maximum Gasteiger partial charge on any atom is 0.313 e. The van der Waals surface area contributed by atoms with Crippen molar-refractivity contribution < 1.29 is 22.9 Å². The van der Waals surface area contributed by atoms with E-state index in [1.165, 1.54) is 26.0 Å². The molecule has 19 heavy (non-hydrogen) atoms. The van der Waals surface area contributed by atoms with E-state index in [0.29, 0.717) is 5.06 Å². The number of nitrogens with zero attached hydrogens (tertiary/aromatic N) is 1. The molecule has 0 spiro atoms. The maximum atomic E-state index is 11.9. The van der Waals surface area contributed by atoms with Gasteiger partial charge in [-0.1, -0.05) is 24.8 Å². The van der Waals surface area contributed by atoms with Gasteiger partial charge in [0.1, 0.15) is 12.5 Å². The molecule has 1 aromatic carbocycles. The van der Waals surface area contributed by atoms with E-state index in [1.807, 2.05) is 0 Å². The normalized spacial score (nSPS) is 15.2. The van der Waals surface area contributed by atoms with Gasteiger partial charge in [-0.25, -0.2) is 0 Å². The third-order valence-corrected chi connectivity index (χ3v) is 3.54. The van der Waals surface area contributed by atoms with Gasteiger partial charge in [-0.15, -0.1) is 5.06 Å². The highest BCUT2D eigenvalue weighted by Gasteiger charge is 2.26. The molecule has 0 heterocycles. The summed E-state index contributed by atoms with van der Waals surface area (Å²) in [6.07, 6.45) is -0.973. The standard InChI is InChI=1S/C12H17NO5S/c1-4-11-5-7-12(8-6-11)19(16,17)18-13(9(2)14)10(3)15/h4-10,14-15H,1H2,2-3H3. The topological polar surface area (TPSA) is 87.1 Å². The molecule has 2 N–H and O–H groups in total. The molecule has 0 bridgehead atoms. The van der Waals surface area contributed by atoms with E-state index >= 15 is 0 Å². The van der Waals surface area contributed by atoms with Crippen LogP contribution in [0.25, 0.3) is 6.08 Å². The Morgan fingerprint density at radius 3 is 2.05 bits per heavy atom. The van der Waals surface area contributed by atoms with Crippen molar-refractivity contribution in [2.75, 3.05) is 0 Å². The fraction of sp³-hybridized carbons (Fsp3) is 0.333. The Labute approximate surface area is 112 Å². The molecule has 6 nitrogen and oxygen atoms in total. The lowest BCUT2D eigenvalue weighted by molar-refractivity contribution is -0.233. The van der Waals surface area contributed by atoms with Gasteiger partial charge in [0, 0.05) is 0 Å². The summed E-state index contributed by atoms with van der Waals surface area (Å²) in [7, 11) is -4.10. The Kier molecular flexibility index (Phi) is 5.21. The Balaban J connectivity index is 2.99. The second-order valence-electron chi connectivity index (χ2n) is 3.93. The summed E-state index contributed by atoms with van der Waals surface area (Å²) < 4.78 is 28.6. The van der Waals surface area contributed by atoms with E-state index in [4.69, 9.17) is 4.28 Å². The van der Waals surface area contributed by atoms with Crippen molar-refractivity contribution in [1.29, 1.82) is 0 Å². The smallest absolute Gasteiger partial charge is 0.313 e.